The minimum Gasteiger partial charge on any atom is -0.481 e. The van der Waals surface area contributed by atoms with E-state index in [0.29, 0.717) is 13.0 Å². The monoisotopic (exact) mass is 228 g/mol. The molecule has 0 aromatic heterocycles. The van der Waals surface area contributed by atoms with Crippen molar-refractivity contribution < 1.29 is 14.7 Å². The Morgan fingerprint density at radius 2 is 2.25 bits per heavy atom. The molecular formula is C11H20N2O3. The smallest absolute Gasteiger partial charge is 0.307 e. The Bertz CT molecular complexity index is 280. The van der Waals surface area contributed by atoms with Crippen molar-refractivity contribution in [3.63, 3.8) is 0 Å². The maximum absolute atomic E-state index is 11.6. The highest BCUT2D eigenvalue weighted by molar-refractivity contribution is 5.82. The van der Waals surface area contributed by atoms with Crippen LogP contribution in [0.15, 0.2) is 0 Å². The van der Waals surface area contributed by atoms with E-state index in [2.05, 4.69) is 5.32 Å². The van der Waals surface area contributed by atoms with Crippen LogP contribution in [0.1, 0.15) is 27.2 Å². The molecule has 92 valence electrons. The number of hydrogen-bond acceptors (Lipinski definition) is 3. The van der Waals surface area contributed by atoms with Crippen molar-refractivity contribution in [1.29, 1.82) is 0 Å². The number of carbonyl (C=O) groups excluding carboxylic acids is 1. The number of carbonyl (C=O) groups is 2. The molecule has 1 aliphatic heterocycles. The SMILES string of the molecule is CCC1C(=O)NCCN1C(C)C(C)C(=O)O. The zero-order valence-corrected chi connectivity index (χ0v) is 10.1. The molecule has 1 aliphatic rings. The van der Waals surface area contributed by atoms with Crippen LogP contribution in [0.5, 0.6) is 0 Å². The lowest BCUT2D eigenvalue weighted by atomic mass is 9.98. The van der Waals surface area contributed by atoms with E-state index in [0.717, 1.165) is 6.54 Å². The lowest BCUT2D eigenvalue weighted by Gasteiger charge is -2.40. The van der Waals surface area contributed by atoms with Crippen molar-refractivity contribution in [3.8, 4) is 0 Å². The van der Waals surface area contributed by atoms with Crippen LogP contribution in [0.3, 0.4) is 0 Å². The third-order valence-electron chi connectivity index (χ3n) is 3.40. The molecule has 5 heteroatoms. The second kappa shape index (κ2) is 5.30. The number of rotatable bonds is 4. The molecule has 1 fully saturated rings. The predicted octanol–water partition coefficient (Wildman–Crippen LogP) is 0.306. The van der Waals surface area contributed by atoms with Crippen LogP contribution in [-0.2, 0) is 9.59 Å². The van der Waals surface area contributed by atoms with E-state index in [1.54, 1.807) is 6.92 Å². The molecular weight excluding hydrogens is 208 g/mol. The number of piperazine rings is 1. The first-order valence-corrected chi connectivity index (χ1v) is 5.75. The Hall–Kier alpha value is -1.10. The van der Waals surface area contributed by atoms with Crippen LogP contribution in [0.25, 0.3) is 0 Å². The summed E-state index contributed by atoms with van der Waals surface area (Å²) < 4.78 is 0. The second-order valence-electron chi connectivity index (χ2n) is 4.32. The lowest BCUT2D eigenvalue weighted by Crippen LogP contribution is -2.59. The van der Waals surface area contributed by atoms with Gasteiger partial charge in [0.05, 0.1) is 12.0 Å². The van der Waals surface area contributed by atoms with Gasteiger partial charge < -0.3 is 10.4 Å². The normalized spacial score (nSPS) is 25.9. The molecule has 0 bridgehead atoms. The number of nitrogens with zero attached hydrogens (tertiary/aromatic N) is 1. The molecule has 0 saturated carbocycles. The summed E-state index contributed by atoms with van der Waals surface area (Å²) in [6, 6.07) is -0.306. The van der Waals surface area contributed by atoms with Crippen molar-refractivity contribution >= 4 is 11.9 Å². The Morgan fingerprint density at radius 1 is 1.62 bits per heavy atom. The first kappa shape index (κ1) is 13.0. The predicted molar refractivity (Wildman–Crippen MR) is 60.1 cm³/mol. The van der Waals surface area contributed by atoms with Crippen molar-refractivity contribution in [1.82, 2.24) is 10.2 Å². The summed E-state index contributed by atoms with van der Waals surface area (Å²) in [5.74, 6) is -1.26. The van der Waals surface area contributed by atoms with Crippen molar-refractivity contribution in [2.45, 2.75) is 39.3 Å². The van der Waals surface area contributed by atoms with Gasteiger partial charge in [-0.05, 0) is 13.3 Å². The van der Waals surface area contributed by atoms with Gasteiger partial charge in [-0.3, -0.25) is 14.5 Å². The van der Waals surface area contributed by atoms with Gasteiger partial charge in [0.1, 0.15) is 0 Å². The van der Waals surface area contributed by atoms with E-state index in [1.807, 2.05) is 18.7 Å². The highest BCUT2D eigenvalue weighted by Crippen LogP contribution is 2.18. The van der Waals surface area contributed by atoms with Crippen LogP contribution in [0, 0.1) is 5.92 Å². The van der Waals surface area contributed by atoms with Crippen molar-refractivity contribution in [2.24, 2.45) is 5.92 Å². The average molecular weight is 228 g/mol. The number of aliphatic carboxylic acids is 1. The third kappa shape index (κ3) is 2.52. The quantitative estimate of drug-likeness (QED) is 0.726. The summed E-state index contributed by atoms with van der Waals surface area (Å²) in [7, 11) is 0. The van der Waals surface area contributed by atoms with Gasteiger partial charge in [-0.1, -0.05) is 13.8 Å². The summed E-state index contributed by atoms with van der Waals surface area (Å²) in [6.07, 6.45) is 0.711. The zero-order valence-electron chi connectivity index (χ0n) is 10.1. The molecule has 0 aromatic carbocycles. The molecule has 0 spiro atoms. The van der Waals surface area contributed by atoms with Gasteiger partial charge in [-0.2, -0.15) is 0 Å². The maximum Gasteiger partial charge on any atom is 0.307 e. The Kier molecular flexibility index (Phi) is 4.29. The molecule has 1 rings (SSSR count). The molecule has 0 radical (unpaired) electrons. The third-order valence-corrected chi connectivity index (χ3v) is 3.40. The van der Waals surface area contributed by atoms with E-state index in [1.165, 1.54) is 0 Å². The number of amides is 1. The summed E-state index contributed by atoms with van der Waals surface area (Å²) in [5, 5.41) is 11.8. The summed E-state index contributed by atoms with van der Waals surface area (Å²) >= 11 is 0. The van der Waals surface area contributed by atoms with Gasteiger partial charge in [0.25, 0.3) is 0 Å². The van der Waals surface area contributed by atoms with Crippen molar-refractivity contribution in [3.05, 3.63) is 0 Å². The number of hydrogen-bond donors (Lipinski definition) is 2. The molecule has 0 aromatic rings. The van der Waals surface area contributed by atoms with Crippen LogP contribution >= 0.6 is 0 Å². The average Bonchev–Trinajstić information content (AvgIpc) is 2.26. The van der Waals surface area contributed by atoms with E-state index >= 15 is 0 Å². The highest BCUT2D eigenvalue weighted by atomic mass is 16.4. The van der Waals surface area contributed by atoms with Crippen molar-refractivity contribution in [2.75, 3.05) is 13.1 Å². The summed E-state index contributed by atoms with van der Waals surface area (Å²) in [4.78, 5) is 24.6. The zero-order chi connectivity index (χ0) is 12.3. The molecule has 0 aliphatic carbocycles. The van der Waals surface area contributed by atoms with Crippen LogP contribution in [0.2, 0.25) is 0 Å². The summed E-state index contributed by atoms with van der Waals surface area (Å²) in [6.45, 7) is 6.84. The fourth-order valence-electron chi connectivity index (χ4n) is 2.13. The topological polar surface area (TPSA) is 69.6 Å². The Labute approximate surface area is 95.8 Å². The second-order valence-corrected chi connectivity index (χ2v) is 4.32. The van der Waals surface area contributed by atoms with Crippen LogP contribution in [-0.4, -0.2) is 47.1 Å². The van der Waals surface area contributed by atoms with Crippen LogP contribution in [0.4, 0.5) is 0 Å². The van der Waals surface area contributed by atoms with E-state index in [-0.39, 0.29) is 18.0 Å². The minimum absolute atomic E-state index is 0.0122. The first-order chi connectivity index (χ1) is 7.49. The van der Waals surface area contributed by atoms with Gasteiger partial charge in [0.15, 0.2) is 0 Å². The van der Waals surface area contributed by atoms with Gasteiger partial charge in [-0.25, -0.2) is 0 Å². The molecule has 5 nitrogen and oxygen atoms in total. The summed E-state index contributed by atoms with van der Waals surface area (Å²) in [5.41, 5.74) is 0. The standard InChI is InChI=1S/C11H20N2O3/c1-4-9-10(14)12-5-6-13(9)8(3)7(2)11(15)16/h7-9H,4-6H2,1-3H3,(H,12,14)(H,15,16). The number of carboxylic acids is 1. The lowest BCUT2D eigenvalue weighted by molar-refractivity contribution is -0.145. The first-order valence-electron chi connectivity index (χ1n) is 5.75. The highest BCUT2D eigenvalue weighted by Gasteiger charge is 2.35. The van der Waals surface area contributed by atoms with Gasteiger partial charge in [-0.15, -0.1) is 0 Å². The molecule has 1 saturated heterocycles. The molecule has 2 N–H and O–H groups in total. The number of carboxylic acid groups (broad SMARTS) is 1. The van der Waals surface area contributed by atoms with Crippen LogP contribution < -0.4 is 5.32 Å². The van der Waals surface area contributed by atoms with Gasteiger partial charge >= 0.3 is 5.97 Å². The van der Waals surface area contributed by atoms with Gasteiger partial charge in [0.2, 0.25) is 5.91 Å². The van der Waals surface area contributed by atoms with E-state index < -0.39 is 11.9 Å². The molecule has 1 amide bonds. The number of nitrogens with one attached hydrogen (secondary N) is 1. The van der Waals surface area contributed by atoms with Gasteiger partial charge in [0, 0.05) is 19.1 Å². The molecule has 1 heterocycles. The molecule has 3 unspecified atom stereocenters. The fourth-order valence-corrected chi connectivity index (χ4v) is 2.13. The van der Waals surface area contributed by atoms with E-state index in [4.69, 9.17) is 5.11 Å². The Morgan fingerprint density at radius 3 is 2.75 bits per heavy atom. The molecule has 3 atom stereocenters. The maximum atomic E-state index is 11.6. The minimum atomic E-state index is -0.812. The largest absolute Gasteiger partial charge is 0.481 e. The van der Waals surface area contributed by atoms with E-state index in [9.17, 15) is 9.59 Å². The molecule has 16 heavy (non-hydrogen) atoms. The Balaban J connectivity index is 2.76. The fraction of sp³-hybridized carbons (Fsp3) is 0.818.